The van der Waals surface area contributed by atoms with Crippen LogP contribution in [0.2, 0.25) is 0 Å². The van der Waals surface area contributed by atoms with Gasteiger partial charge in [-0.1, -0.05) is 12.1 Å². The molecular formula is C21H20N3O2+. The van der Waals surface area contributed by atoms with Crippen LogP contribution in [0.5, 0.6) is 0 Å². The summed E-state index contributed by atoms with van der Waals surface area (Å²) in [5, 5.41) is 2.89. The number of amides is 1. The molecule has 1 amide bonds. The van der Waals surface area contributed by atoms with Gasteiger partial charge < -0.3 is 10.1 Å². The molecule has 1 aromatic carbocycles. The summed E-state index contributed by atoms with van der Waals surface area (Å²) in [6, 6.07) is 9.90. The maximum atomic E-state index is 12.2. The van der Waals surface area contributed by atoms with E-state index in [1.165, 1.54) is 11.6 Å². The third-order valence-electron chi connectivity index (χ3n) is 4.55. The van der Waals surface area contributed by atoms with Crippen molar-refractivity contribution in [1.29, 1.82) is 0 Å². The zero-order chi connectivity index (χ0) is 17.9. The van der Waals surface area contributed by atoms with Crippen LogP contribution in [0.1, 0.15) is 22.6 Å². The Morgan fingerprint density at radius 3 is 2.69 bits per heavy atom. The zero-order valence-corrected chi connectivity index (χ0v) is 14.6. The minimum absolute atomic E-state index is 0.164. The van der Waals surface area contributed by atoms with Gasteiger partial charge in [0.2, 0.25) is 5.91 Å². The number of anilines is 1. The molecule has 0 atom stereocenters. The van der Waals surface area contributed by atoms with E-state index in [1.807, 2.05) is 54.4 Å². The first-order valence-corrected chi connectivity index (χ1v) is 8.59. The fraction of sp³-hybridized carbons (Fsp3) is 0.190. The van der Waals surface area contributed by atoms with Crippen LogP contribution in [-0.2, 0) is 9.53 Å². The number of benzene rings is 1. The van der Waals surface area contributed by atoms with Crippen molar-refractivity contribution in [2.45, 2.75) is 5.92 Å². The number of pyridine rings is 1. The number of rotatable bonds is 5. The highest BCUT2D eigenvalue weighted by atomic mass is 16.5. The standard InChI is InChI=1S/C21H19N3O2/c1-24-11-17(12-24)20-8-9-22-10-16(20)4-7-21(25)23-19-5-2-15(3-6-19)18-13-26-14-18/h2-12,18H,13-14H2,1H3/p+1/b7-4+. The van der Waals surface area contributed by atoms with Crippen molar-refractivity contribution >= 4 is 29.5 Å². The molecule has 1 saturated heterocycles. The van der Waals surface area contributed by atoms with E-state index in [0.29, 0.717) is 5.92 Å². The maximum Gasteiger partial charge on any atom is 0.248 e. The van der Waals surface area contributed by atoms with Gasteiger partial charge in [-0.2, -0.15) is 0 Å². The Labute approximate surface area is 152 Å². The Morgan fingerprint density at radius 2 is 2.04 bits per heavy atom. The molecule has 0 saturated carbocycles. The zero-order valence-electron chi connectivity index (χ0n) is 14.6. The van der Waals surface area contributed by atoms with Gasteiger partial charge in [-0.15, -0.1) is 0 Å². The Balaban J connectivity index is 1.41. The first-order valence-electron chi connectivity index (χ1n) is 8.59. The molecule has 1 fully saturated rings. The van der Waals surface area contributed by atoms with Gasteiger partial charge in [0, 0.05) is 41.2 Å². The first kappa shape index (κ1) is 16.4. The average molecular weight is 346 g/mol. The topological polar surface area (TPSA) is 54.2 Å². The van der Waals surface area contributed by atoms with Crippen LogP contribution < -0.4 is 5.32 Å². The Hall–Kier alpha value is -3.05. The molecule has 5 nitrogen and oxygen atoms in total. The Bertz CT molecular complexity index is 923. The predicted molar refractivity (Wildman–Crippen MR) is 102 cm³/mol. The van der Waals surface area contributed by atoms with Crippen LogP contribution in [0.4, 0.5) is 5.69 Å². The largest absolute Gasteiger partial charge is 0.380 e. The summed E-state index contributed by atoms with van der Waals surface area (Å²) in [4.78, 5) is 16.4. The lowest BCUT2D eigenvalue weighted by atomic mass is 9.97. The normalized spacial score (nSPS) is 16.5. The van der Waals surface area contributed by atoms with Crippen LogP contribution >= 0.6 is 0 Å². The van der Waals surface area contributed by atoms with Crippen molar-refractivity contribution < 1.29 is 14.1 Å². The van der Waals surface area contributed by atoms with E-state index in [0.717, 1.165) is 35.6 Å². The molecular weight excluding hydrogens is 326 g/mol. The van der Waals surface area contributed by atoms with Gasteiger partial charge in [-0.05, 0) is 29.8 Å². The Morgan fingerprint density at radius 1 is 1.27 bits per heavy atom. The molecule has 2 aliphatic rings. The number of aromatic nitrogens is 1. The molecule has 130 valence electrons. The first-order chi connectivity index (χ1) is 12.7. The minimum atomic E-state index is -0.164. The highest BCUT2D eigenvalue weighted by molar-refractivity contribution is 6.11. The summed E-state index contributed by atoms with van der Waals surface area (Å²) < 4.78 is 7.21. The summed E-state index contributed by atoms with van der Waals surface area (Å²) in [5.41, 5.74) is 5.14. The molecule has 0 bridgehead atoms. The fourth-order valence-corrected chi connectivity index (χ4v) is 2.98. The van der Waals surface area contributed by atoms with Crippen LogP contribution in [-0.4, -0.2) is 41.9 Å². The van der Waals surface area contributed by atoms with Gasteiger partial charge in [0.1, 0.15) is 12.6 Å². The lowest BCUT2D eigenvalue weighted by molar-refractivity contribution is -0.423. The van der Waals surface area contributed by atoms with Crippen LogP contribution in [0.25, 0.3) is 11.6 Å². The van der Waals surface area contributed by atoms with Gasteiger partial charge in [0.25, 0.3) is 0 Å². The van der Waals surface area contributed by atoms with E-state index >= 15 is 0 Å². The number of hydrogen-bond acceptors (Lipinski definition) is 3. The molecule has 0 unspecified atom stereocenters. The second-order valence-electron chi connectivity index (χ2n) is 6.52. The highest BCUT2D eigenvalue weighted by Crippen LogP contribution is 2.25. The molecule has 3 heterocycles. The maximum absolute atomic E-state index is 12.2. The summed E-state index contributed by atoms with van der Waals surface area (Å²) in [7, 11) is 1.98. The number of nitrogens with zero attached hydrogens (tertiary/aromatic N) is 2. The summed E-state index contributed by atoms with van der Waals surface area (Å²) in [6.07, 6.45) is 10.9. The monoisotopic (exact) mass is 346 g/mol. The van der Waals surface area contributed by atoms with Crippen molar-refractivity contribution in [2.24, 2.45) is 0 Å². The summed E-state index contributed by atoms with van der Waals surface area (Å²) >= 11 is 0. The molecule has 0 aliphatic carbocycles. The van der Waals surface area contributed by atoms with E-state index in [4.69, 9.17) is 4.74 Å². The molecule has 1 N–H and O–H groups in total. The highest BCUT2D eigenvalue weighted by Gasteiger charge is 2.20. The second-order valence-corrected chi connectivity index (χ2v) is 6.52. The number of hydrogen-bond donors (Lipinski definition) is 1. The van der Waals surface area contributed by atoms with Gasteiger partial charge in [-0.3, -0.25) is 9.78 Å². The van der Waals surface area contributed by atoms with Crippen molar-refractivity contribution in [1.82, 2.24) is 4.98 Å². The molecule has 2 aliphatic heterocycles. The number of nitrogens with one attached hydrogen (secondary N) is 1. The van der Waals surface area contributed by atoms with Crippen LogP contribution in [0.3, 0.4) is 0 Å². The Kier molecular flexibility index (Phi) is 4.46. The van der Waals surface area contributed by atoms with E-state index < -0.39 is 0 Å². The molecule has 4 rings (SSSR count). The SMILES string of the molecule is C[N+]1=CC(c2ccncc2/C=C/C(=O)Nc2ccc(C3COC3)cc2)=C1. The van der Waals surface area contributed by atoms with Gasteiger partial charge >= 0.3 is 0 Å². The van der Waals surface area contributed by atoms with Crippen molar-refractivity contribution in [3.8, 4) is 0 Å². The van der Waals surface area contributed by atoms with Crippen LogP contribution in [0, 0.1) is 0 Å². The number of carbonyl (C=O) groups is 1. The average Bonchev–Trinajstić information content (AvgIpc) is 2.58. The lowest BCUT2D eigenvalue weighted by Gasteiger charge is -2.26. The van der Waals surface area contributed by atoms with Gasteiger partial charge in [0.15, 0.2) is 12.4 Å². The van der Waals surface area contributed by atoms with E-state index in [2.05, 4.69) is 10.3 Å². The van der Waals surface area contributed by atoms with E-state index in [9.17, 15) is 4.79 Å². The van der Waals surface area contributed by atoms with Crippen molar-refractivity contribution in [3.63, 3.8) is 0 Å². The summed E-state index contributed by atoms with van der Waals surface area (Å²) in [5.74, 6) is 0.323. The molecule has 26 heavy (non-hydrogen) atoms. The van der Waals surface area contributed by atoms with Gasteiger partial charge in [0.05, 0.1) is 13.2 Å². The van der Waals surface area contributed by atoms with E-state index in [1.54, 1.807) is 18.5 Å². The number of ether oxygens (including phenoxy) is 1. The minimum Gasteiger partial charge on any atom is -0.380 e. The molecule has 0 radical (unpaired) electrons. The molecule has 1 aromatic heterocycles. The molecule has 2 aromatic rings. The van der Waals surface area contributed by atoms with Crippen molar-refractivity contribution in [3.05, 3.63) is 71.7 Å². The predicted octanol–water partition coefficient (Wildman–Crippen LogP) is 2.91. The summed E-state index contributed by atoms with van der Waals surface area (Å²) in [6.45, 7) is 1.57. The smallest absolute Gasteiger partial charge is 0.248 e. The third kappa shape index (κ3) is 3.48. The van der Waals surface area contributed by atoms with E-state index in [-0.39, 0.29) is 5.91 Å². The third-order valence-corrected chi connectivity index (χ3v) is 4.55. The quantitative estimate of drug-likeness (QED) is 0.669. The fourth-order valence-electron chi connectivity index (χ4n) is 2.98. The van der Waals surface area contributed by atoms with Crippen molar-refractivity contribution in [2.75, 3.05) is 25.6 Å². The number of carbonyl (C=O) groups excluding carboxylic acids is 1. The second kappa shape index (κ2) is 7.06. The number of allylic oxidation sites excluding steroid dienone is 1. The molecule has 5 heteroatoms. The van der Waals surface area contributed by atoms with Gasteiger partial charge in [-0.25, -0.2) is 4.58 Å². The van der Waals surface area contributed by atoms with Crippen LogP contribution in [0.15, 0.2) is 55.0 Å². The lowest BCUT2D eigenvalue weighted by Crippen LogP contribution is -2.24. The molecule has 0 spiro atoms.